The van der Waals surface area contributed by atoms with Gasteiger partial charge in [-0.05, 0) is 31.4 Å². The van der Waals surface area contributed by atoms with E-state index in [-0.39, 0.29) is 0 Å². The minimum Gasteiger partial charge on any atom is -0.304 e. The largest absolute Gasteiger partial charge is 0.304 e. The van der Waals surface area contributed by atoms with Crippen LogP contribution in [-0.4, -0.2) is 9.38 Å². The summed E-state index contributed by atoms with van der Waals surface area (Å²) in [5, 5.41) is 0. The van der Waals surface area contributed by atoms with Crippen molar-refractivity contribution in [3.63, 3.8) is 0 Å². The van der Waals surface area contributed by atoms with Crippen LogP contribution >= 0.6 is 0 Å². The highest BCUT2D eigenvalue weighted by Crippen LogP contribution is 2.24. The van der Waals surface area contributed by atoms with Crippen molar-refractivity contribution < 1.29 is 0 Å². The summed E-state index contributed by atoms with van der Waals surface area (Å²) in [5.74, 6) is 0.528. The maximum absolute atomic E-state index is 4.42. The normalized spacial score (nSPS) is 11.5. The predicted octanol–water partition coefficient (Wildman–Crippen LogP) is 3.07. The molecule has 0 fully saturated rings. The van der Waals surface area contributed by atoms with Crippen LogP contribution < -0.4 is 0 Å². The van der Waals surface area contributed by atoms with Crippen molar-refractivity contribution in [2.75, 3.05) is 0 Å². The Hall–Kier alpha value is -1.31. The lowest BCUT2D eigenvalue weighted by molar-refractivity contribution is 0.848. The van der Waals surface area contributed by atoms with Crippen LogP contribution in [0.4, 0.5) is 0 Å². The summed E-state index contributed by atoms with van der Waals surface area (Å²) in [6.45, 7) is 8.71. The molecule has 0 aromatic carbocycles. The number of aryl methyl sites for hydroxylation is 2. The van der Waals surface area contributed by atoms with Crippen molar-refractivity contribution in [3.05, 3.63) is 35.3 Å². The zero-order chi connectivity index (χ0) is 10.3. The van der Waals surface area contributed by atoms with E-state index >= 15 is 0 Å². The van der Waals surface area contributed by atoms with Crippen LogP contribution in [0.15, 0.2) is 18.5 Å². The summed E-state index contributed by atoms with van der Waals surface area (Å²) in [4.78, 5) is 4.42. The molecule has 0 unspecified atom stereocenters. The first-order chi connectivity index (χ1) is 6.61. The Morgan fingerprint density at radius 1 is 1.29 bits per heavy atom. The van der Waals surface area contributed by atoms with Crippen LogP contribution in [0.1, 0.15) is 36.6 Å². The third-order valence-corrected chi connectivity index (χ3v) is 2.69. The van der Waals surface area contributed by atoms with Gasteiger partial charge in [0.15, 0.2) is 0 Å². The van der Waals surface area contributed by atoms with Crippen molar-refractivity contribution in [3.8, 4) is 0 Å². The summed E-state index contributed by atoms with van der Waals surface area (Å²) in [6.07, 6.45) is 3.89. The molecular formula is C12H16N2. The number of aromatic nitrogens is 2. The van der Waals surface area contributed by atoms with E-state index in [0.29, 0.717) is 5.92 Å². The number of rotatable bonds is 1. The Morgan fingerprint density at radius 2 is 2.00 bits per heavy atom. The van der Waals surface area contributed by atoms with Crippen LogP contribution in [0.5, 0.6) is 0 Å². The molecule has 0 bridgehead atoms. The van der Waals surface area contributed by atoms with Crippen molar-refractivity contribution in [1.29, 1.82) is 0 Å². The molecule has 2 aromatic rings. The monoisotopic (exact) mass is 188 g/mol. The van der Waals surface area contributed by atoms with Gasteiger partial charge in [-0.2, -0.15) is 0 Å². The van der Waals surface area contributed by atoms with Crippen LogP contribution in [0, 0.1) is 13.8 Å². The number of hydrogen-bond donors (Lipinski definition) is 0. The molecule has 0 saturated heterocycles. The average molecular weight is 188 g/mol. The Labute approximate surface area is 84.6 Å². The van der Waals surface area contributed by atoms with Gasteiger partial charge in [0, 0.05) is 23.7 Å². The second kappa shape index (κ2) is 3.12. The third kappa shape index (κ3) is 1.22. The fraction of sp³-hybridized carbons (Fsp3) is 0.417. The standard InChI is InChI=1S/C12H16N2/c1-8(2)11-9(3)7-10(4)14-6-5-13-12(11)14/h5-8H,1-4H3. The molecule has 0 radical (unpaired) electrons. The van der Waals surface area contributed by atoms with Gasteiger partial charge in [-0.25, -0.2) is 4.98 Å². The summed E-state index contributed by atoms with van der Waals surface area (Å²) < 4.78 is 2.16. The Bertz CT molecular complexity index is 466. The minimum atomic E-state index is 0.528. The number of pyridine rings is 1. The van der Waals surface area contributed by atoms with Gasteiger partial charge in [0.05, 0.1) is 0 Å². The summed E-state index contributed by atoms with van der Waals surface area (Å²) >= 11 is 0. The summed E-state index contributed by atoms with van der Waals surface area (Å²) in [5.41, 5.74) is 5.06. The van der Waals surface area contributed by atoms with Crippen LogP contribution in [0.2, 0.25) is 0 Å². The van der Waals surface area contributed by atoms with Gasteiger partial charge in [0.1, 0.15) is 5.65 Å². The lowest BCUT2D eigenvalue weighted by Gasteiger charge is -2.13. The van der Waals surface area contributed by atoms with E-state index in [1.54, 1.807) is 0 Å². The second-order valence-corrected chi connectivity index (χ2v) is 4.16. The highest BCUT2D eigenvalue weighted by molar-refractivity contribution is 5.54. The highest BCUT2D eigenvalue weighted by Gasteiger charge is 2.11. The molecule has 2 heterocycles. The molecule has 2 heteroatoms. The van der Waals surface area contributed by atoms with Gasteiger partial charge in [0.2, 0.25) is 0 Å². The number of imidazole rings is 1. The predicted molar refractivity (Wildman–Crippen MR) is 58.8 cm³/mol. The van der Waals surface area contributed by atoms with Crippen molar-refractivity contribution in [2.24, 2.45) is 0 Å². The number of hydrogen-bond acceptors (Lipinski definition) is 1. The van der Waals surface area contributed by atoms with E-state index in [4.69, 9.17) is 0 Å². The maximum atomic E-state index is 4.42. The molecular weight excluding hydrogens is 172 g/mol. The summed E-state index contributed by atoms with van der Waals surface area (Å²) in [6, 6.07) is 2.23. The molecule has 0 atom stereocenters. The Kier molecular flexibility index (Phi) is 2.06. The van der Waals surface area contributed by atoms with E-state index < -0.39 is 0 Å². The quantitative estimate of drug-likeness (QED) is 0.672. The molecule has 0 saturated carbocycles. The van der Waals surface area contributed by atoms with Gasteiger partial charge < -0.3 is 4.40 Å². The molecule has 2 nitrogen and oxygen atoms in total. The third-order valence-electron chi connectivity index (χ3n) is 2.69. The fourth-order valence-corrected chi connectivity index (χ4v) is 2.14. The average Bonchev–Trinajstić information content (AvgIpc) is 2.51. The molecule has 0 amide bonds. The molecule has 0 aliphatic heterocycles. The van der Waals surface area contributed by atoms with Gasteiger partial charge in [0.25, 0.3) is 0 Å². The molecule has 0 aliphatic carbocycles. The SMILES string of the molecule is Cc1cc(C)n2ccnc2c1C(C)C. The van der Waals surface area contributed by atoms with E-state index in [9.17, 15) is 0 Å². The molecule has 2 aromatic heterocycles. The van der Waals surface area contributed by atoms with Gasteiger partial charge >= 0.3 is 0 Å². The molecule has 0 N–H and O–H groups in total. The fourth-order valence-electron chi connectivity index (χ4n) is 2.14. The first-order valence-electron chi connectivity index (χ1n) is 5.04. The van der Waals surface area contributed by atoms with Crippen molar-refractivity contribution in [1.82, 2.24) is 9.38 Å². The second-order valence-electron chi connectivity index (χ2n) is 4.16. The van der Waals surface area contributed by atoms with Gasteiger partial charge in [-0.1, -0.05) is 13.8 Å². The minimum absolute atomic E-state index is 0.528. The lowest BCUT2D eigenvalue weighted by atomic mass is 9.99. The molecule has 74 valence electrons. The van der Waals surface area contributed by atoms with Crippen molar-refractivity contribution in [2.45, 2.75) is 33.6 Å². The lowest BCUT2D eigenvalue weighted by Crippen LogP contribution is -2.00. The van der Waals surface area contributed by atoms with Crippen LogP contribution in [-0.2, 0) is 0 Å². The first-order valence-corrected chi connectivity index (χ1v) is 5.04. The smallest absolute Gasteiger partial charge is 0.140 e. The van der Waals surface area contributed by atoms with Gasteiger partial charge in [-0.3, -0.25) is 0 Å². The maximum Gasteiger partial charge on any atom is 0.140 e. The zero-order valence-electron chi connectivity index (χ0n) is 9.20. The van der Waals surface area contributed by atoms with E-state index in [2.05, 4.69) is 43.1 Å². The first kappa shape index (κ1) is 9.25. The Balaban J connectivity index is 2.86. The molecule has 14 heavy (non-hydrogen) atoms. The van der Waals surface area contributed by atoms with E-state index in [0.717, 1.165) is 5.65 Å². The van der Waals surface area contributed by atoms with Crippen LogP contribution in [0.3, 0.4) is 0 Å². The van der Waals surface area contributed by atoms with Crippen LogP contribution in [0.25, 0.3) is 5.65 Å². The zero-order valence-corrected chi connectivity index (χ0v) is 9.20. The Morgan fingerprint density at radius 3 is 2.64 bits per heavy atom. The molecule has 2 rings (SSSR count). The topological polar surface area (TPSA) is 17.3 Å². The van der Waals surface area contributed by atoms with E-state index in [1.165, 1.54) is 16.8 Å². The van der Waals surface area contributed by atoms with Gasteiger partial charge in [-0.15, -0.1) is 0 Å². The highest BCUT2D eigenvalue weighted by atomic mass is 15.0. The molecule has 0 aliphatic rings. The summed E-state index contributed by atoms with van der Waals surface area (Å²) in [7, 11) is 0. The number of nitrogens with zero attached hydrogens (tertiary/aromatic N) is 2. The van der Waals surface area contributed by atoms with E-state index in [1.807, 2.05) is 12.4 Å². The molecule has 0 spiro atoms. The van der Waals surface area contributed by atoms with Crippen molar-refractivity contribution >= 4 is 5.65 Å². The number of fused-ring (bicyclic) bond motifs is 1.